The topological polar surface area (TPSA) is 15.7 Å². The number of hydrogen-bond donors (Lipinski definition) is 0. The highest BCUT2D eigenvalue weighted by Crippen LogP contribution is 2.58. The number of fused-ring (bicyclic) bond motifs is 6. The lowest BCUT2D eigenvalue weighted by atomic mass is 9.62. The van der Waals surface area contributed by atoms with Gasteiger partial charge in [-0.2, -0.15) is 0 Å². The van der Waals surface area contributed by atoms with E-state index < -0.39 is 0 Å². The quantitative estimate of drug-likeness (QED) is 0.347. The molecular weight excluding hydrogens is 464 g/mol. The maximum Gasteiger partial charge on any atom is 0.107 e. The molecule has 0 N–H and O–H groups in total. The number of hydrogen-bond acceptors (Lipinski definition) is 3. The molecular formula is C35H54N2O. The van der Waals surface area contributed by atoms with Crippen molar-refractivity contribution in [2.45, 2.75) is 141 Å². The van der Waals surface area contributed by atoms with Gasteiger partial charge in [0.25, 0.3) is 0 Å². The SMILES string of the molecule is C=C(C)/C=C\C1C(C)OC2C1CCC1CN3C4=C(CCCC4)N(C4CCC(C5(C)CCCCC5)CC4)C3C12. The number of allylic oxidation sites excluding steroid dienone is 4. The number of nitrogens with zero attached hydrogens (tertiary/aromatic N) is 2. The largest absolute Gasteiger partial charge is 0.374 e. The van der Waals surface area contributed by atoms with Crippen molar-refractivity contribution in [1.82, 2.24) is 9.80 Å². The second-order valence-corrected chi connectivity index (χ2v) is 15.0. The summed E-state index contributed by atoms with van der Waals surface area (Å²) in [7, 11) is 0. The van der Waals surface area contributed by atoms with Crippen molar-refractivity contribution in [3.05, 3.63) is 35.7 Å². The van der Waals surface area contributed by atoms with Gasteiger partial charge in [0.05, 0.1) is 12.2 Å². The van der Waals surface area contributed by atoms with E-state index in [0.29, 0.717) is 41.5 Å². The molecule has 0 aromatic heterocycles. The monoisotopic (exact) mass is 518 g/mol. The fourth-order valence-electron chi connectivity index (χ4n) is 10.9. The Morgan fingerprint density at radius 1 is 0.947 bits per heavy atom. The standard InChI is InChI=1S/C35H54N2O/c1-23(2)12-18-28-24(3)38-33-29(28)19-13-25-22-36-30-10-6-7-11-31(30)37(34(36)32(25)33)27-16-14-26(15-17-27)35(4)20-8-5-9-21-35/h12,18,24-29,32-34H,1,5-11,13-17,19-22H2,2-4H3/b18-12-. The van der Waals surface area contributed by atoms with Crippen LogP contribution in [0.15, 0.2) is 35.7 Å². The highest BCUT2D eigenvalue weighted by Gasteiger charge is 2.60. The lowest BCUT2D eigenvalue weighted by Crippen LogP contribution is -2.52. The molecule has 38 heavy (non-hydrogen) atoms. The van der Waals surface area contributed by atoms with Crippen LogP contribution in [0.3, 0.4) is 0 Å². The maximum atomic E-state index is 6.98. The molecule has 0 spiro atoms. The van der Waals surface area contributed by atoms with Crippen molar-refractivity contribution in [3.63, 3.8) is 0 Å². The zero-order valence-electron chi connectivity index (χ0n) is 24.7. The molecule has 3 nitrogen and oxygen atoms in total. The Hall–Kier alpha value is -1.22. The van der Waals surface area contributed by atoms with Crippen molar-refractivity contribution in [3.8, 4) is 0 Å². The molecule has 0 aromatic carbocycles. The van der Waals surface area contributed by atoms with Crippen molar-refractivity contribution < 1.29 is 4.74 Å². The van der Waals surface area contributed by atoms with E-state index in [2.05, 4.69) is 49.3 Å². The van der Waals surface area contributed by atoms with E-state index in [9.17, 15) is 0 Å². The van der Waals surface area contributed by atoms with Gasteiger partial charge in [-0.15, -0.1) is 0 Å². The summed E-state index contributed by atoms with van der Waals surface area (Å²) in [4.78, 5) is 6.03. The minimum absolute atomic E-state index is 0.331. The van der Waals surface area contributed by atoms with Gasteiger partial charge in [-0.3, -0.25) is 0 Å². The first-order valence-electron chi connectivity index (χ1n) is 16.7. The van der Waals surface area contributed by atoms with Gasteiger partial charge in [0.2, 0.25) is 0 Å². The molecule has 3 saturated carbocycles. The summed E-state index contributed by atoms with van der Waals surface area (Å²) in [5.41, 5.74) is 5.33. The molecule has 210 valence electrons. The van der Waals surface area contributed by atoms with E-state index >= 15 is 0 Å². The number of rotatable bonds is 4. The summed E-state index contributed by atoms with van der Waals surface area (Å²) in [5.74, 6) is 3.69. The maximum absolute atomic E-state index is 6.98. The minimum Gasteiger partial charge on any atom is -0.374 e. The van der Waals surface area contributed by atoms with Crippen molar-refractivity contribution >= 4 is 0 Å². The van der Waals surface area contributed by atoms with Crippen LogP contribution in [-0.4, -0.2) is 40.8 Å². The predicted octanol–water partition coefficient (Wildman–Crippen LogP) is 8.44. The van der Waals surface area contributed by atoms with E-state index in [4.69, 9.17) is 4.74 Å². The zero-order valence-corrected chi connectivity index (χ0v) is 24.7. The van der Waals surface area contributed by atoms with Crippen LogP contribution >= 0.6 is 0 Å². The van der Waals surface area contributed by atoms with Crippen molar-refractivity contribution in [2.75, 3.05) is 6.54 Å². The van der Waals surface area contributed by atoms with E-state index in [-0.39, 0.29) is 0 Å². The van der Waals surface area contributed by atoms with Gasteiger partial charge >= 0.3 is 0 Å². The first kappa shape index (κ1) is 25.7. The van der Waals surface area contributed by atoms with Gasteiger partial charge in [0.15, 0.2) is 0 Å². The molecule has 0 aromatic rings. The Morgan fingerprint density at radius 3 is 2.42 bits per heavy atom. The third kappa shape index (κ3) is 4.15. The van der Waals surface area contributed by atoms with Crippen molar-refractivity contribution in [1.29, 1.82) is 0 Å². The van der Waals surface area contributed by atoms with Crippen LogP contribution < -0.4 is 0 Å². The highest BCUT2D eigenvalue weighted by atomic mass is 16.5. The normalized spacial score (nSPS) is 44.2. The van der Waals surface area contributed by atoms with Crippen LogP contribution in [0.4, 0.5) is 0 Å². The van der Waals surface area contributed by atoms with Crippen LogP contribution in [0, 0.1) is 35.0 Å². The van der Waals surface area contributed by atoms with Gasteiger partial charge in [-0.05, 0) is 114 Å². The molecule has 4 aliphatic carbocycles. The molecule has 0 radical (unpaired) electrons. The van der Waals surface area contributed by atoms with Gasteiger partial charge in [-0.1, -0.05) is 50.5 Å². The van der Waals surface area contributed by atoms with Crippen LogP contribution in [0.5, 0.6) is 0 Å². The van der Waals surface area contributed by atoms with Crippen LogP contribution in [0.1, 0.15) is 117 Å². The molecule has 7 aliphatic rings. The first-order chi connectivity index (χ1) is 18.4. The molecule has 2 saturated heterocycles. The van der Waals surface area contributed by atoms with E-state index in [1.807, 2.05) is 0 Å². The van der Waals surface area contributed by atoms with Gasteiger partial charge < -0.3 is 14.5 Å². The van der Waals surface area contributed by atoms with E-state index in [1.165, 1.54) is 103 Å². The molecule has 0 amide bonds. The molecule has 3 aliphatic heterocycles. The lowest BCUT2D eigenvalue weighted by Gasteiger charge is -2.49. The smallest absolute Gasteiger partial charge is 0.107 e. The predicted molar refractivity (Wildman–Crippen MR) is 156 cm³/mol. The average molecular weight is 519 g/mol. The molecule has 5 fully saturated rings. The van der Waals surface area contributed by atoms with Crippen LogP contribution in [0.25, 0.3) is 0 Å². The van der Waals surface area contributed by atoms with Gasteiger partial charge in [0.1, 0.15) is 6.17 Å². The molecule has 7 atom stereocenters. The Labute approximate surface area is 233 Å². The Balaban J connectivity index is 1.14. The molecule has 3 heteroatoms. The molecule has 7 unspecified atom stereocenters. The minimum atomic E-state index is 0.331. The lowest BCUT2D eigenvalue weighted by molar-refractivity contribution is -0.0604. The Kier molecular flexibility index (Phi) is 6.77. The first-order valence-corrected chi connectivity index (χ1v) is 16.7. The van der Waals surface area contributed by atoms with Crippen molar-refractivity contribution in [2.24, 2.45) is 35.0 Å². The summed E-state index contributed by atoms with van der Waals surface area (Å²) in [6.45, 7) is 12.5. The summed E-state index contributed by atoms with van der Waals surface area (Å²) < 4.78 is 6.98. The summed E-state index contributed by atoms with van der Waals surface area (Å²) in [6, 6.07) is 0.758. The zero-order chi connectivity index (χ0) is 26.0. The van der Waals surface area contributed by atoms with E-state index in [1.54, 1.807) is 11.4 Å². The number of ether oxygens (including phenoxy) is 1. The second-order valence-electron chi connectivity index (χ2n) is 15.0. The third-order valence-electron chi connectivity index (χ3n) is 12.7. The summed E-state index contributed by atoms with van der Waals surface area (Å²) >= 11 is 0. The Bertz CT molecular complexity index is 966. The molecule has 7 rings (SSSR count). The fraction of sp³-hybridized carbons (Fsp3) is 0.829. The Morgan fingerprint density at radius 2 is 1.68 bits per heavy atom. The average Bonchev–Trinajstić information content (AvgIpc) is 3.55. The van der Waals surface area contributed by atoms with Crippen LogP contribution in [-0.2, 0) is 4.74 Å². The molecule has 0 bridgehead atoms. The summed E-state index contributed by atoms with van der Waals surface area (Å²) in [5, 5.41) is 0. The van der Waals surface area contributed by atoms with E-state index in [0.717, 1.165) is 23.5 Å². The highest BCUT2D eigenvalue weighted by molar-refractivity contribution is 5.28. The third-order valence-corrected chi connectivity index (χ3v) is 12.7. The molecule has 3 heterocycles. The van der Waals surface area contributed by atoms with Gasteiger partial charge in [-0.25, -0.2) is 0 Å². The second kappa shape index (κ2) is 10.0. The van der Waals surface area contributed by atoms with Crippen LogP contribution in [0.2, 0.25) is 0 Å². The van der Waals surface area contributed by atoms with Gasteiger partial charge in [0, 0.05) is 35.8 Å². The summed E-state index contributed by atoms with van der Waals surface area (Å²) in [6.07, 6.45) is 27.4. The fourth-order valence-corrected chi connectivity index (χ4v) is 10.9.